The molecule has 0 aromatic carbocycles. The quantitative estimate of drug-likeness (QED) is 0.771. The minimum atomic E-state index is -0.277. The lowest BCUT2D eigenvalue weighted by Gasteiger charge is -2.15. The van der Waals surface area contributed by atoms with Gasteiger partial charge in [-0.3, -0.25) is 0 Å². The number of aliphatic hydroxyl groups excluding tert-OH is 1. The summed E-state index contributed by atoms with van der Waals surface area (Å²) in [6.07, 6.45) is 0.519. The lowest BCUT2D eigenvalue weighted by atomic mass is 9.95. The van der Waals surface area contributed by atoms with Crippen LogP contribution in [0.2, 0.25) is 0 Å². The molecule has 1 atom stereocenters. The zero-order valence-electron chi connectivity index (χ0n) is 8.79. The summed E-state index contributed by atoms with van der Waals surface area (Å²) in [5, 5.41) is 9.62. The van der Waals surface area contributed by atoms with Crippen LogP contribution in [0.25, 0.3) is 0 Å². The molecule has 1 nitrogen and oxygen atoms in total. The van der Waals surface area contributed by atoms with Crippen molar-refractivity contribution in [1.82, 2.24) is 0 Å². The highest BCUT2D eigenvalue weighted by Gasteiger charge is 2.17. The molecule has 0 aliphatic carbocycles. The smallest absolute Gasteiger partial charge is 0.0879 e. The van der Waals surface area contributed by atoms with Gasteiger partial charge in [0, 0.05) is 9.75 Å². The van der Waals surface area contributed by atoms with E-state index in [4.69, 9.17) is 0 Å². The average molecular weight is 198 g/mol. The van der Waals surface area contributed by atoms with Gasteiger partial charge in [0.1, 0.15) is 0 Å². The third-order valence-corrected chi connectivity index (χ3v) is 3.69. The maximum absolute atomic E-state index is 9.62. The molecule has 0 radical (unpaired) electrons. The maximum atomic E-state index is 9.62. The zero-order chi connectivity index (χ0) is 10.1. The van der Waals surface area contributed by atoms with Crippen LogP contribution in [0.4, 0.5) is 0 Å². The van der Waals surface area contributed by atoms with Gasteiger partial charge in [0.25, 0.3) is 0 Å². The van der Waals surface area contributed by atoms with Crippen LogP contribution in [-0.4, -0.2) is 5.11 Å². The van der Waals surface area contributed by atoms with Gasteiger partial charge in [-0.25, -0.2) is 0 Å². The lowest BCUT2D eigenvalue weighted by molar-refractivity contribution is 0.177. The van der Waals surface area contributed by atoms with Crippen molar-refractivity contribution in [2.45, 2.75) is 45.6 Å². The van der Waals surface area contributed by atoms with Crippen molar-refractivity contribution in [1.29, 1.82) is 0 Å². The number of rotatable bonds is 2. The molecule has 2 heteroatoms. The van der Waals surface area contributed by atoms with Crippen molar-refractivity contribution < 1.29 is 5.11 Å². The third-order valence-electron chi connectivity index (χ3n) is 2.08. The normalized spacial score (nSPS) is 14.5. The van der Waals surface area contributed by atoms with Crippen LogP contribution in [0.15, 0.2) is 12.1 Å². The van der Waals surface area contributed by atoms with Crippen molar-refractivity contribution in [3.05, 3.63) is 21.9 Å². The largest absolute Gasteiger partial charge is 0.388 e. The first-order valence-electron chi connectivity index (χ1n) is 4.73. The lowest BCUT2D eigenvalue weighted by Crippen LogP contribution is -2.07. The highest BCUT2D eigenvalue weighted by molar-refractivity contribution is 7.12. The van der Waals surface area contributed by atoms with E-state index in [1.165, 1.54) is 4.88 Å². The summed E-state index contributed by atoms with van der Waals surface area (Å²) in [5.74, 6) is 0. The van der Waals surface area contributed by atoms with Gasteiger partial charge in [-0.1, -0.05) is 27.7 Å². The SMILES string of the molecule is CC[C@@H](O)c1ccc(C(C)(C)C)s1. The molecule has 0 unspecified atom stereocenters. The third kappa shape index (κ3) is 2.55. The van der Waals surface area contributed by atoms with E-state index in [2.05, 4.69) is 26.8 Å². The fourth-order valence-electron chi connectivity index (χ4n) is 1.14. The second-order valence-corrected chi connectivity index (χ2v) is 5.49. The highest BCUT2D eigenvalue weighted by atomic mass is 32.1. The van der Waals surface area contributed by atoms with Gasteiger partial charge in [0.2, 0.25) is 0 Å². The van der Waals surface area contributed by atoms with Gasteiger partial charge in [0.05, 0.1) is 6.10 Å². The molecule has 1 aromatic rings. The molecule has 0 saturated carbocycles. The summed E-state index contributed by atoms with van der Waals surface area (Å²) < 4.78 is 0. The molecule has 0 spiro atoms. The van der Waals surface area contributed by atoms with Crippen molar-refractivity contribution in [3.63, 3.8) is 0 Å². The summed E-state index contributed by atoms with van der Waals surface area (Å²) in [5.41, 5.74) is 0.205. The predicted molar refractivity (Wildman–Crippen MR) is 58.3 cm³/mol. The molecular weight excluding hydrogens is 180 g/mol. The Morgan fingerprint density at radius 1 is 1.38 bits per heavy atom. The van der Waals surface area contributed by atoms with E-state index in [0.29, 0.717) is 0 Å². The van der Waals surface area contributed by atoms with Crippen LogP contribution in [0, 0.1) is 0 Å². The molecule has 1 rings (SSSR count). The van der Waals surface area contributed by atoms with Crippen molar-refractivity contribution in [2.75, 3.05) is 0 Å². The average Bonchev–Trinajstić information content (AvgIpc) is 2.50. The standard InChI is InChI=1S/C11H18OS/c1-5-8(12)9-6-7-10(13-9)11(2,3)4/h6-8,12H,5H2,1-4H3/t8-/m1/s1. The molecule has 13 heavy (non-hydrogen) atoms. The highest BCUT2D eigenvalue weighted by Crippen LogP contribution is 2.32. The van der Waals surface area contributed by atoms with Gasteiger partial charge in [-0.2, -0.15) is 0 Å². The van der Waals surface area contributed by atoms with Crippen LogP contribution >= 0.6 is 11.3 Å². The van der Waals surface area contributed by atoms with Crippen LogP contribution in [0.1, 0.15) is 50.0 Å². The first-order valence-corrected chi connectivity index (χ1v) is 5.55. The van der Waals surface area contributed by atoms with Crippen molar-refractivity contribution in [3.8, 4) is 0 Å². The Morgan fingerprint density at radius 3 is 2.38 bits per heavy atom. The molecule has 0 bridgehead atoms. The Balaban J connectivity index is 2.87. The summed E-state index contributed by atoms with van der Waals surface area (Å²) in [6, 6.07) is 4.16. The summed E-state index contributed by atoms with van der Waals surface area (Å²) in [6.45, 7) is 8.59. The number of thiophene rings is 1. The van der Waals surface area contributed by atoms with E-state index < -0.39 is 0 Å². The molecule has 74 valence electrons. The topological polar surface area (TPSA) is 20.2 Å². The Bertz CT molecular complexity index is 270. The minimum absolute atomic E-state index is 0.205. The number of aliphatic hydroxyl groups is 1. The van der Waals surface area contributed by atoms with Crippen molar-refractivity contribution in [2.24, 2.45) is 0 Å². The Hall–Kier alpha value is -0.340. The molecule has 0 saturated heterocycles. The van der Waals surface area contributed by atoms with Crippen LogP contribution in [0.5, 0.6) is 0 Å². The number of hydrogen-bond acceptors (Lipinski definition) is 2. The molecule has 0 amide bonds. The van der Waals surface area contributed by atoms with E-state index in [1.54, 1.807) is 11.3 Å². The van der Waals surface area contributed by atoms with Gasteiger partial charge < -0.3 is 5.11 Å². The van der Waals surface area contributed by atoms with Gasteiger partial charge in [0.15, 0.2) is 0 Å². The van der Waals surface area contributed by atoms with Gasteiger partial charge >= 0.3 is 0 Å². The molecule has 0 aliphatic heterocycles. The van der Waals surface area contributed by atoms with Crippen molar-refractivity contribution >= 4 is 11.3 Å². The molecule has 1 heterocycles. The van der Waals surface area contributed by atoms with Crippen LogP contribution in [-0.2, 0) is 5.41 Å². The minimum Gasteiger partial charge on any atom is -0.388 e. The van der Waals surface area contributed by atoms with E-state index in [-0.39, 0.29) is 11.5 Å². The Labute approximate surface area is 84.4 Å². The zero-order valence-corrected chi connectivity index (χ0v) is 9.61. The van der Waals surface area contributed by atoms with E-state index in [9.17, 15) is 5.11 Å². The second-order valence-electron chi connectivity index (χ2n) is 4.38. The first-order chi connectivity index (χ1) is 5.95. The maximum Gasteiger partial charge on any atom is 0.0879 e. The van der Waals surface area contributed by atoms with Gasteiger partial charge in [-0.05, 0) is 24.0 Å². The Kier molecular flexibility index (Phi) is 3.14. The van der Waals surface area contributed by atoms with E-state index >= 15 is 0 Å². The predicted octanol–water partition coefficient (Wildman–Crippen LogP) is 3.49. The fraction of sp³-hybridized carbons (Fsp3) is 0.636. The molecule has 0 aliphatic rings. The van der Waals surface area contributed by atoms with E-state index in [1.807, 2.05) is 13.0 Å². The second kappa shape index (κ2) is 3.81. The van der Waals surface area contributed by atoms with Crippen LogP contribution < -0.4 is 0 Å². The summed E-state index contributed by atoms with van der Waals surface area (Å²) >= 11 is 1.72. The van der Waals surface area contributed by atoms with E-state index in [0.717, 1.165) is 11.3 Å². The molecular formula is C11H18OS. The summed E-state index contributed by atoms with van der Waals surface area (Å²) in [7, 11) is 0. The molecule has 1 aromatic heterocycles. The molecule has 1 N–H and O–H groups in total. The monoisotopic (exact) mass is 198 g/mol. The number of hydrogen-bond donors (Lipinski definition) is 1. The molecule has 0 fully saturated rings. The first kappa shape index (κ1) is 10.7. The van der Waals surface area contributed by atoms with Gasteiger partial charge in [-0.15, -0.1) is 11.3 Å². The summed E-state index contributed by atoms with van der Waals surface area (Å²) in [4.78, 5) is 2.43. The van der Waals surface area contributed by atoms with Crippen LogP contribution in [0.3, 0.4) is 0 Å². The fourth-order valence-corrected chi connectivity index (χ4v) is 2.27. The Morgan fingerprint density at radius 2 is 2.00 bits per heavy atom.